The summed E-state index contributed by atoms with van der Waals surface area (Å²) in [6.45, 7) is 5.98. The zero-order valence-electron chi connectivity index (χ0n) is 7.02. The van der Waals surface area contributed by atoms with E-state index in [0.29, 0.717) is 12.2 Å². The van der Waals surface area contributed by atoms with E-state index in [0.717, 1.165) is 0 Å². The van der Waals surface area contributed by atoms with E-state index >= 15 is 0 Å². The molecular formula is C8H6O6. The van der Waals surface area contributed by atoms with E-state index in [9.17, 15) is 19.2 Å². The molecule has 0 aliphatic rings. The summed E-state index contributed by atoms with van der Waals surface area (Å²) in [5.74, 6) is -5.41. The Morgan fingerprint density at radius 3 is 1.29 bits per heavy atom. The van der Waals surface area contributed by atoms with E-state index in [4.69, 9.17) is 0 Å². The standard InChI is InChI=1S/C8H6O6/c1-3-5(9)13-7(11)8(12)14-6(10)4-2/h3-4H,1-2H2. The fourth-order valence-electron chi connectivity index (χ4n) is 0.349. The Morgan fingerprint density at radius 1 is 0.786 bits per heavy atom. The summed E-state index contributed by atoms with van der Waals surface area (Å²) in [5, 5.41) is 0. The van der Waals surface area contributed by atoms with Gasteiger partial charge in [-0.1, -0.05) is 13.2 Å². The van der Waals surface area contributed by atoms with Crippen molar-refractivity contribution < 1.29 is 28.7 Å². The Morgan fingerprint density at radius 2 is 1.07 bits per heavy atom. The molecule has 0 radical (unpaired) electrons. The number of carbonyl (C=O) groups is 4. The third-order valence-corrected chi connectivity index (χ3v) is 0.887. The molecule has 6 nitrogen and oxygen atoms in total. The molecule has 0 amide bonds. The lowest BCUT2D eigenvalue weighted by Crippen LogP contribution is -2.24. The number of esters is 4. The lowest BCUT2D eigenvalue weighted by Gasteiger charge is -1.97. The van der Waals surface area contributed by atoms with Crippen LogP contribution in [-0.4, -0.2) is 23.9 Å². The monoisotopic (exact) mass is 198 g/mol. The first kappa shape index (κ1) is 11.8. The highest BCUT2D eigenvalue weighted by Crippen LogP contribution is 1.88. The summed E-state index contributed by atoms with van der Waals surface area (Å²) in [6, 6.07) is 0. The third kappa shape index (κ3) is 3.96. The van der Waals surface area contributed by atoms with E-state index in [2.05, 4.69) is 22.6 Å². The van der Waals surface area contributed by atoms with Crippen LogP contribution in [0.2, 0.25) is 0 Å². The van der Waals surface area contributed by atoms with Crippen molar-refractivity contribution in [1.29, 1.82) is 0 Å². The molecule has 0 bridgehead atoms. The highest BCUT2D eigenvalue weighted by molar-refractivity contribution is 6.33. The summed E-state index contributed by atoms with van der Waals surface area (Å²) >= 11 is 0. The number of rotatable bonds is 2. The largest absolute Gasteiger partial charge is 0.425 e. The van der Waals surface area contributed by atoms with E-state index in [1.165, 1.54) is 0 Å². The van der Waals surface area contributed by atoms with Crippen LogP contribution >= 0.6 is 0 Å². The van der Waals surface area contributed by atoms with Gasteiger partial charge in [0.05, 0.1) is 0 Å². The zero-order valence-corrected chi connectivity index (χ0v) is 7.02. The smallest absolute Gasteiger partial charge is 0.381 e. The quantitative estimate of drug-likeness (QED) is 0.257. The van der Waals surface area contributed by atoms with E-state index in [1.54, 1.807) is 0 Å². The van der Waals surface area contributed by atoms with Gasteiger partial charge in [-0.3, -0.25) is 0 Å². The van der Waals surface area contributed by atoms with Gasteiger partial charge in [0.25, 0.3) is 0 Å². The van der Waals surface area contributed by atoms with Crippen molar-refractivity contribution in [3.63, 3.8) is 0 Å². The van der Waals surface area contributed by atoms with Gasteiger partial charge in [0.1, 0.15) is 0 Å². The molecule has 0 rings (SSSR count). The molecule has 0 aliphatic heterocycles. The Hall–Kier alpha value is -2.24. The predicted molar refractivity (Wildman–Crippen MR) is 42.6 cm³/mol. The molecule has 0 spiro atoms. The van der Waals surface area contributed by atoms with Gasteiger partial charge in [0.15, 0.2) is 0 Å². The Bertz CT molecular complexity index is 282. The molecular weight excluding hydrogens is 192 g/mol. The first-order chi connectivity index (χ1) is 6.51. The first-order valence-corrected chi connectivity index (χ1v) is 3.28. The molecule has 0 aliphatic carbocycles. The molecule has 0 aromatic rings. The minimum atomic E-state index is -1.59. The molecule has 0 fully saturated rings. The van der Waals surface area contributed by atoms with Gasteiger partial charge in [-0.2, -0.15) is 0 Å². The fraction of sp³-hybridized carbons (Fsp3) is 0. The maximum atomic E-state index is 10.6. The molecule has 0 heterocycles. The van der Waals surface area contributed by atoms with Gasteiger partial charge in [-0.15, -0.1) is 0 Å². The maximum absolute atomic E-state index is 10.6. The van der Waals surface area contributed by atoms with E-state index in [-0.39, 0.29) is 0 Å². The van der Waals surface area contributed by atoms with Crippen molar-refractivity contribution in [2.24, 2.45) is 0 Å². The third-order valence-electron chi connectivity index (χ3n) is 0.887. The van der Waals surface area contributed by atoms with E-state index in [1.807, 2.05) is 0 Å². The Labute approximate surface area is 78.8 Å². The van der Waals surface area contributed by atoms with Gasteiger partial charge in [-0.05, 0) is 0 Å². The molecule has 74 valence electrons. The molecule has 0 saturated carbocycles. The zero-order chi connectivity index (χ0) is 11.1. The van der Waals surface area contributed by atoms with Crippen LogP contribution in [-0.2, 0) is 28.7 Å². The lowest BCUT2D eigenvalue weighted by atomic mass is 10.6. The van der Waals surface area contributed by atoms with Crippen LogP contribution in [0, 0.1) is 0 Å². The second-order valence-electron chi connectivity index (χ2n) is 1.83. The van der Waals surface area contributed by atoms with Crippen LogP contribution in [0.5, 0.6) is 0 Å². The van der Waals surface area contributed by atoms with Crippen molar-refractivity contribution in [3.8, 4) is 0 Å². The Kier molecular flexibility index (Phi) is 4.55. The first-order valence-electron chi connectivity index (χ1n) is 3.28. The highest BCUT2D eigenvalue weighted by atomic mass is 16.6. The fourth-order valence-corrected chi connectivity index (χ4v) is 0.349. The van der Waals surface area contributed by atoms with Crippen molar-refractivity contribution >= 4 is 23.9 Å². The van der Waals surface area contributed by atoms with Crippen LogP contribution < -0.4 is 0 Å². The van der Waals surface area contributed by atoms with Gasteiger partial charge in [0, 0.05) is 12.2 Å². The normalized spacial score (nSPS) is 8.29. The minimum absolute atomic E-state index is 0.681. The average molecular weight is 198 g/mol. The maximum Gasteiger partial charge on any atom is 0.425 e. The SMILES string of the molecule is C=CC(=O)OC(=O)C(=O)OC(=O)C=C. The van der Waals surface area contributed by atoms with Crippen LogP contribution in [0.25, 0.3) is 0 Å². The molecule has 0 unspecified atom stereocenters. The molecule has 6 heteroatoms. The topological polar surface area (TPSA) is 86.7 Å². The van der Waals surface area contributed by atoms with Crippen LogP contribution in [0.15, 0.2) is 25.3 Å². The van der Waals surface area contributed by atoms with Crippen molar-refractivity contribution in [2.75, 3.05) is 0 Å². The summed E-state index contributed by atoms with van der Waals surface area (Å²) < 4.78 is 7.70. The van der Waals surface area contributed by atoms with Crippen molar-refractivity contribution in [3.05, 3.63) is 25.3 Å². The van der Waals surface area contributed by atoms with Crippen molar-refractivity contribution in [2.45, 2.75) is 0 Å². The Balaban J connectivity index is 4.20. The summed E-state index contributed by atoms with van der Waals surface area (Å²) in [4.78, 5) is 42.0. The van der Waals surface area contributed by atoms with Gasteiger partial charge in [-0.25, -0.2) is 19.2 Å². The number of hydrogen-bond acceptors (Lipinski definition) is 6. The van der Waals surface area contributed by atoms with E-state index < -0.39 is 23.9 Å². The summed E-state index contributed by atoms with van der Waals surface area (Å²) in [6.07, 6.45) is 1.36. The summed E-state index contributed by atoms with van der Waals surface area (Å²) in [7, 11) is 0. The van der Waals surface area contributed by atoms with Crippen LogP contribution in [0.1, 0.15) is 0 Å². The van der Waals surface area contributed by atoms with Crippen LogP contribution in [0.3, 0.4) is 0 Å². The van der Waals surface area contributed by atoms with Crippen LogP contribution in [0.4, 0.5) is 0 Å². The van der Waals surface area contributed by atoms with Gasteiger partial charge < -0.3 is 9.47 Å². The molecule has 0 aromatic carbocycles. The molecule has 0 saturated heterocycles. The number of hydrogen-bond donors (Lipinski definition) is 0. The highest BCUT2D eigenvalue weighted by Gasteiger charge is 2.21. The van der Waals surface area contributed by atoms with Gasteiger partial charge >= 0.3 is 23.9 Å². The molecule has 0 atom stereocenters. The lowest BCUT2D eigenvalue weighted by molar-refractivity contribution is -0.174. The molecule has 0 N–H and O–H groups in total. The second kappa shape index (κ2) is 5.41. The molecule has 14 heavy (non-hydrogen) atoms. The number of carbonyl (C=O) groups excluding carboxylic acids is 4. The second-order valence-corrected chi connectivity index (χ2v) is 1.83. The average Bonchev–Trinajstić information content (AvgIpc) is 2.17. The molecule has 0 aromatic heterocycles. The van der Waals surface area contributed by atoms with Gasteiger partial charge in [0.2, 0.25) is 0 Å². The predicted octanol–water partition coefficient (Wildman–Crippen LogP) is -0.502. The summed E-state index contributed by atoms with van der Waals surface area (Å²) in [5.41, 5.74) is 0. The number of ether oxygens (including phenoxy) is 2. The van der Waals surface area contributed by atoms with Crippen molar-refractivity contribution in [1.82, 2.24) is 0 Å². The minimum Gasteiger partial charge on any atom is -0.381 e.